The standard InChI is InChI=1S/C22H28N6O5/c1-4-13(2)24-19(30)14-5-8-16-17(11-14)28-21(27(20(16)31)15-6-7-15)25-26(22(28)32)12-18(29)23-9-10-33-3/h5,8,11,13,15H,4,6-7,9-10,12H2,1-3H3,(H,23,29)(H,24,30). The Bertz CT molecular complexity index is 1330. The number of aromatic nitrogens is 4. The average molecular weight is 457 g/mol. The predicted molar refractivity (Wildman–Crippen MR) is 122 cm³/mol. The zero-order valence-corrected chi connectivity index (χ0v) is 19.0. The van der Waals surface area contributed by atoms with E-state index in [1.54, 1.807) is 12.1 Å². The minimum absolute atomic E-state index is 0.0156. The van der Waals surface area contributed by atoms with E-state index >= 15 is 0 Å². The van der Waals surface area contributed by atoms with Gasteiger partial charge in [-0.2, -0.15) is 0 Å². The van der Waals surface area contributed by atoms with Gasteiger partial charge in [-0.1, -0.05) is 6.92 Å². The summed E-state index contributed by atoms with van der Waals surface area (Å²) in [6.07, 6.45) is 2.40. The van der Waals surface area contributed by atoms with Gasteiger partial charge in [-0.3, -0.25) is 19.0 Å². The van der Waals surface area contributed by atoms with Crippen LogP contribution in [0.15, 0.2) is 27.8 Å². The highest BCUT2D eigenvalue weighted by Crippen LogP contribution is 2.35. The number of carbonyl (C=O) groups is 2. The number of hydrogen-bond acceptors (Lipinski definition) is 6. The van der Waals surface area contributed by atoms with Crippen LogP contribution in [0.5, 0.6) is 0 Å². The monoisotopic (exact) mass is 456 g/mol. The number of nitrogens with one attached hydrogen (secondary N) is 2. The van der Waals surface area contributed by atoms with E-state index in [0.717, 1.165) is 23.9 Å². The highest BCUT2D eigenvalue weighted by Gasteiger charge is 2.30. The lowest BCUT2D eigenvalue weighted by Crippen LogP contribution is -2.34. The molecule has 1 aliphatic rings. The fourth-order valence-corrected chi connectivity index (χ4v) is 3.68. The molecule has 1 unspecified atom stereocenters. The molecule has 3 aromatic rings. The summed E-state index contributed by atoms with van der Waals surface area (Å²) >= 11 is 0. The maximum absolute atomic E-state index is 13.3. The minimum atomic E-state index is -0.550. The highest BCUT2D eigenvalue weighted by molar-refractivity contribution is 5.98. The first kappa shape index (κ1) is 22.7. The molecule has 11 nitrogen and oxygen atoms in total. The summed E-state index contributed by atoms with van der Waals surface area (Å²) in [4.78, 5) is 51.4. The van der Waals surface area contributed by atoms with Crippen molar-refractivity contribution in [3.05, 3.63) is 44.6 Å². The third-order valence-electron chi connectivity index (χ3n) is 5.81. The van der Waals surface area contributed by atoms with Crippen molar-refractivity contribution >= 4 is 28.5 Å². The number of rotatable bonds is 9. The van der Waals surface area contributed by atoms with Gasteiger partial charge in [-0.05, 0) is 44.4 Å². The molecule has 2 N–H and O–H groups in total. The Labute approximate surface area is 189 Å². The summed E-state index contributed by atoms with van der Waals surface area (Å²) in [6, 6.07) is 4.64. The summed E-state index contributed by atoms with van der Waals surface area (Å²) in [5, 5.41) is 10.2. The van der Waals surface area contributed by atoms with Crippen molar-refractivity contribution in [1.29, 1.82) is 0 Å². The largest absolute Gasteiger partial charge is 0.383 e. The molecule has 0 saturated heterocycles. The van der Waals surface area contributed by atoms with E-state index in [9.17, 15) is 19.2 Å². The van der Waals surface area contributed by atoms with Crippen LogP contribution in [-0.2, 0) is 16.1 Å². The molecular formula is C22H28N6O5. The summed E-state index contributed by atoms with van der Waals surface area (Å²) in [5.41, 5.74) is -0.189. The second-order valence-electron chi connectivity index (χ2n) is 8.34. The van der Waals surface area contributed by atoms with E-state index in [1.807, 2.05) is 13.8 Å². The second-order valence-corrected chi connectivity index (χ2v) is 8.34. The van der Waals surface area contributed by atoms with Crippen LogP contribution < -0.4 is 21.9 Å². The molecule has 176 valence electrons. The van der Waals surface area contributed by atoms with Gasteiger partial charge < -0.3 is 15.4 Å². The molecule has 1 saturated carbocycles. The number of benzene rings is 1. The Morgan fingerprint density at radius 3 is 2.70 bits per heavy atom. The molecule has 1 aromatic carbocycles. The maximum Gasteiger partial charge on any atom is 0.352 e. The van der Waals surface area contributed by atoms with Crippen molar-refractivity contribution in [3.8, 4) is 0 Å². The van der Waals surface area contributed by atoms with E-state index in [1.165, 1.54) is 22.1 Å². The van der Waals surface area contributed by atoms with Gasteiger partial charge in [0.15, 0.2) is 0 Å². The summed E-state index contributed by atoms with van der Waals surface area (Å²) in [5.74, 6) is -0.510. The molecule has 2 aromatic heterocycles. The van der Waals surface area contributed by atoms with Crippen LogP contribution in [-0.4, -0.2) is 56.9 Å². The molecule has 0 bridgehead atoms. The first-order valence-electron chi connectivity index (χ1n) is 11.1. The van der Waals surface area contributed by atoms with Crippen molar-refractivity contribution in [2.45, 2.75) is 51.7 Å². The number of carbonyl (C=O) groups excluding carboxylic acids is 2. The van der Waals surface area contributed by atoms with E-state index < -0.39 is 11.6 Å². The number of methoxy groups -OCH3 is 1. The van der Waals surface area contributed by atoms with Crippen LogP contribution in [0.2, 0.25) is 0 Å². The molecule has 4 rings (SSSR count). The molecule has 11 heteroatoms. The Balaban J connectivity index is 1.84. The number of hydrogen-bond donors (Lipinski definition) is 2. The molecular weight excluding hydrogens is 428 g/mol. The van der Waals surface area contributed by atoms with Gasteiger partial charge in [0.05, 0.1) is 17.5 Å². The van der Waals surface area contributed by atoms with Gasteiger partial charge in [0, 0.05) is 31.3 Å². The van der Waals surface area contributed by atoms with Gasteiger partial charge in [0.25, 0.3) is 11.5 Å². The molecule has 0 radical (unpaired) electrons. The van der Waals surface area contributed by atoms with Crippen LogP contribution >= 0.6 is 0 Å². The lowest BCUT2D eigenvalue weighted by atomic mass is 10.1. The smallest absolute Gasteiger partial charge is 0.352 e. The third kappa shape index (κ3) is 4.40. The van der Waals surface area contributed by atoms with Gasteiger partial charge in [-0.25, -0.2) is 13.9 Å². The SMILES string of the molecule is CCC(C)NC(=O)c1ccc2c(=O)n(C3CC3)c3nn(CC(=O)NCCOC)c(=O)n3c2c1. The number of fused-ring (bicyclic) bond motifs is 3. The molecule has 0 aliphatic heterocycles. The number of ether oxygens (including phenoxy) is 1. The predicted octanol–water partition coefficient (Wildman–Crippen LogP) is 0.437. The van der Waals surface area contributed by atoms with E-state index in [-0.39, 0.29) is 35.9 Å². The summed E-state index contributed by atoms with van der Waals surface area (Å²) in [6.45, 7) is 4.23. The Morgan fingerprint density at radius 2 is 2.03 bits per heavy atom. The molecule has 1 atom stereocenters. The van der Waals surface area contributed by atoms with Crippen molar-refractivity contribution < 1.29 is 14.3 Å². The van der Waals surface area contributed by atoms with E-state index in [4.69, 9.17) is 4.74 Å². The minimum Gasteiger partial charge on any atom is -0.383 e. The summed E-state index contributed by atoms with van der Waals surface area (Å²) in [7, 11) is 1.53. The van der Waals surface area contributed by atoms with Crippen LogP contribution in [0.4, 0.5) is 0 Å². The van der Waals surface area contributed by atoms with Crippen LogP contribution in [0.25, 0.3) is 16.7 Å². The van der Waals surface area contributed by atoms with Crippen molar-refractivity contribution in [3.63, 3.8) is 0 Å². The normalized spacial score (nSPS) is 14.5. The average Bonchev–Trinajstić information content (AvgIpc) is 3.58. The Kier molecular flexibility index (Phi) is 6.32. The van der Waals surface area contributed by atoms with Crippen LogP contribution in [0, 0.1) is 0 Å². The fraction of sp³-hybridized carbons (Fsp3) is 0.500. The van der Waals surface area contributed by atoms with Crippen LogP contribution in [0.1, 0.15) is 49.5 Å². The van der Waals surface area contributed by atoms with Gasteiger partial charge in [-0.15, -0.1) is 5.10 Å². The lowest BCUT2D eigenvalue weighted by Gasteiger charge is -2.13. The molecule has 0 spiro atoms. The second kappa shape index (κ2) is 9.18. The maximum atomic E-state index is 13.3. The topological polar surface area (TPSA) is 129 Å². The first-order valence-corrected chi connectivity index (χ1v) is 11.1. The van der Waals surface area contributed by atoms with E-state index in [0.29, 0.717) is 29.6 Å². The molecule has 1 fully saturated rings. The van der Waals surface area contributed by atoms with Gasteiger partial charge in [0.2, 0.25) is 11.7 Å². The van der Waals surface area contributed by atoms with Crippen LogP contribution in [0.3, 0.4) is 0 Å². The zero-order valence-electron chi connectivity index (χ0n) is 19.0. The Morgan fingerprint density at radius 1 is 1.27 bits per heavy atom. The first-order chi connectivity index (χ1) is 15.8. The summed E-state index contributed by atoms with van der Waals surface area (Å²) < 4.78 is 8.79. The van der Waals surface area contributed by atoms with Crippen molar-refractivity contribution in [2.75, 3.05) is 20.3 Å². The van der Waals surface area contributed by atoms with E-state index in [2.05, 4.69) is 15.7 Å². The number of nitrogens with zero attached hydrogens (tertiary/aromatic N) is 4. The molecule has 2 heterocycles. The fourth-order valence-electron chi connectivity index (χ4n) is 3.68. The quantitative estimate of drug-likeness (QED) is 0.450. The molecule has 2 amide bonds. The number of amides is 2. The zero-order chi connectivity index (χ0) is 23.7. The molecule has 1 aliphatic carbocycles. The Hall–Kier alpha value is -3.47. The van der Waals surface area contributed by atoms with Gasteiger partial charge in [0.1, 0.15) is 6.54 Å². The highest BCUT2D eigenvalue weighted by atomic mass is 16.5. The third-order valence-corrected chi connectivity index (χ3v) is 5.81. The lowest BCUT2D eigenvalue weighted by molar-refractivity contribution is -0.122. The van der Waals surface area contributed by atoms with Crippen molar-refractivity contribution in [1.82, 2.24) is 29.4 Å². The van der Waals surface area contributed by atoms with Gasteiger partial charge >= 0.3 is 5.69 Å². The van der Waals surface area contributed by atoms with Crippen molar-refractivity contribution in [2.24, 2.45) is 0 Å². The molecule has 33 heavy (non-hydrogen) atoms.